The maximum atomic E-state index is 5.67. The molecule has 0 spiro atoms. The zero-order chi connectivity index (χ0) is 10.7. The summed E-state index contributed by atoms with van der Waals surface area (Å²) in [6.07, 6.45) is 5.56. The molecule has 1 aliphatic carbocycles. The van der Waals surface area contributed by atoms with Gasteiger partial charge in [-0.25, -0.2) is 0 Å². The lowest BCUT2D eigenvalue weighted by Crippen LogP contribution is -2.14. The van der Waals surface area contributed by atoms with Crippen LogP contribution in [0.2, 0.25) is 0 Å². The molecule has 0 aliphatic heterocycles. The second kappa shape index (κ2) is 4.93. The Morgan fingerprint density at radius 3 is 2.60 bits per heavy atom. The molecule has 2 heteroatoms. The minimum absolute atomic E-state index is 0.817. The van der Waals surface area contributed by atoms with E-state index in [0.717, 1.165) is 16.9 Å². The Balaban J connectivity index is 1.93. The van der Waals surface area contributed by atoms with E-state index in [-0.39, 0.29) is 0 Å². The number of benzene rings is 1. The molecule has 1 aromatic rings. The number of nitrogens with two attached hydrogens (primary N) is 1. The van der Waals surface area contributed by atoms with Crippen molar-refractivity contribution in [2.45, 2.75) is 42.8 Å². The highest BCUT2D eigenvalue weighted by atomic mass is 32.2. The quantitative estimate of drug-likeness (QED) is 0.765. The lowest BCUT2D eigenvalue weighted by molar-refractivity contribution is 0.394. The van der Waals surface area contributed by atoms with Crippen LogP contribution in [0.1, 0.15) is 32.6 Å². The van der Waals surface area contributed by atoms with Gasteiger partial charge in [0.05, 0.1) is 0 Å². The summed E-state index contributed by atoms with van der Waals surface area (Å²) >= 11 is 2.02. The molecule has 2 unspecified atom stereocenters. The Morgan fingerprint density at radius 1 is 1.20 bits per heavy atom. The average molecular weight is 221 g/mol. The number of hydrogen-bond donors (Lipinski definition) is 1. The van der Waals surface area contributed by atoms with Crippen LogP contribution < -0.4 is 5.73 Å². The van der Waals surface area contributed by atoms with Gasteiger partial charge >= 0.3 is 0 Å². The topological polar surface area (TPSA) is 26.0 Å². The first-order valence-electron chi connectivity index (χ1n) is 5.76. The molecule has 0 bridgehead atoms. The molecule has 0 heterocycles. The number of hydrogen-bond acceptors (Lipinski definition) is 2. The highest BCUT2D eigenvalue weighted by molar-refractivity contribution is 8.00. The number of thioether (sulfide) groups is 1. The Bertz CT molecular complexity index is 307. The summed E-state index contributed by atoms with van der Waals surface area (Å²) in [6.45, 7) is 2.37. The van der Waals surface area contributed by atoms with Crippen molar-refractivity contribution in [3.8, 4) is 0 Å². The van der Waals surface area contributed by atoms with Crippen molar-refractivity contribution in [3.05, 3.63) is 24.3 Å². The highest BCUT2D eigenvalue weighted by Crippen LogP contribution is 2.36. The fourth-order valence-electron chi connectivity index (χ4n) is 2.22. The van der Waals surface area contributed by atoms with E-state index in [1.54, 1.807) is 0 Å². The Morgan fingerprint density at radius 2 is 1.93 bits per heavy atom. The van der Waals surface area contributed by atoms with Gasteiger partial charge in [-0.1, -0.05) is 19.8 Å². The molecule has 0 radical (unpaired) electrons. The lowest BCUT2D eigenvalue weighted by atomic mass is 9.91. The summed E-state index contributed by atoms with van der Waals surface area (Å²) in [5, 5.41) is 0.817. The molecular weight excluding hydrogens is 202 g/mol. The minimum atomic E-state index is 0.817. The summed E-state index contributed by atoms with van der Waals surface area (Å²) in [7, 11) is 0. The van der Waals surface area contributed by atoms with Crippen molar-refractivity contribution in [2.75, 3.05) is 5.73 Å². The fraction of sp³-hybridized carbons (Fsp3) is 0.538. The summed E-state index contributed by atoms with van der Waals surface area (Å²) in [6, 6.07) is 8.27. The van der Waals surface area contributed by atoms with Crippen molar-refractivity contribution in [2.24, 2.45) is 5.92 Å². The predicted octanol–water partition coefficient (Wildman–Crippen LogP) is 3.94. The summed E-state index contributed by atoms with van der Waals surface area (Å²) in [4.78, 5) is 1.36. The first-order chi connectivity index (χ1) is 7.24. The van der Waals surface area contributed by atoms with Crippen molar-refractivity contribution in [1.29, 1.82) is 0 Å². The minimum Gasteiger partial charge on any atom is -0.399 e. The molecular formula is C13H19NS. The van der Waals surface area contributed by atoms with Gasteiger partial charge in [-0.2, -0.15) is 0 Å². The van der Waals surface area contributed by atoms with Gasteiger partial charge in [0.2, 0.25) is 0 Å². The fourth-order valence-corrected chi connectivity index (χ4v) is 3.61. The van der Waals surface area contributed by atoms with E-state index in [1.165, 1.54) is 30.6 Å². The Labute approximate surface area is 96.4 Å². The molecule has 0 saturated heterocycles. The molecule has 15 heavy (non-hydrogen) atoms. The van der Waals surface area contributed by atoms with Crippen molar-refractivity contribution in [3.63, 3.8) is 0 Å². The van der Waals surface area contributed by atoms with Crippen LogP contribution in [0.15, 0.2) is 29.2 Å². The Hall–Kier alpha value is -0.630. The van der Waals surface area contributed by atoms with Gasteiger partial charge in [0.15, 0.2) is 0 Å². The van der Waals surface area contributed by atoms with Gasteiger partial charge in [-0.3, -0.25) is 0 Å². The van der Waals surface area contributed by atoms with Crippen LogP contribution in [0.4, 0.5) is 5.69 Å². The number of anilines is 1. The van der Waals surface area contributed by atoms with E-state index in [0.29, 0.717) is 0 Å². The third-order valence-electron chi connectivity index (χ3n) is 3.07. The molecule has 1 fully saturated rings. The molecule has 1 nitrogen and oxygen atoms in total. The average Bonchev–Trinajstić information content (AvgIpc) is 2.22. The molecule has 82 valence electrons. The first kappa shape index (κ1) is 10.9. The van der Waals surface area contributed by atoms with Gasteiger partial charge in [0, 0.05) is 15.8 Å². The maximum Gasteiger partial charge on any atom is 0.0314 e. The summed E-state index contributed by atoms with van der Waals surface area (Å²) in [5.74, 6) is 0.907. The zero-order valence-electron chi connectivity index (χ0n) is 9.28. The van der Waals surface area contributed by atoms with Crippen LogP contribution in [0, 0.1) is 5.92 Å². The van der Waals surface area contributed by atoms with E-state index in [1.807, 2.05) is 23.9 Å². The van der Waals surface area contributed by atoms with Gasteiger partial charge in [0.1, 0.15) is 0 Å². The lowest BCUT2D eigenvalue weighted by Gasteiger charge is -2.26. The van der Waals surface area contributed by atoms with Crippen LogP contribution in [0.3, 0.4) is 0 Å². The van der Waals surface area contributed by atoms with E-state index in [2.05, 4.69) is 19.1 Å². The normalized spacial score (nSPS) is 26.5. The van der Waals surface area contributed by atoms with Crippen molar-refractivity contribution in [1.82, 2.24) is 0 Å². The standard InChI is InChI=1S/C13H19NS/c1-10-3-2-4-13(9-10)15-12-7-5-11(14)6-8-12/h5-8,10,13H,2-4,9,14H2,1H3. The van der Waals surface area contributed by atoms with E-state index in [9.17, 15) is 0 Å². The molecule has 2 rings (SSSR count). The smallest absolute Gasteiger partial charge is 0.0314 e. The third kappa shape index (κ3) is 3.16. The van der Waals surface area contributed by atoms with Gasteiger partial charge in [-0.05, 0) is 43.0 Å². The van der Waals surface area contributed by atoms with Gasteiger partial charge in [-0.15, -0.1) is 11.8 Å². The zero-order valence-corrected chi connectivity index (χ0v) is 10.1. The molecule has 2 N–H and O–H groups in total. The molecule has 0 amide bonds. The summed E-state index contributed by atoms with van der Waals surface area (Å²) in [5.41, 5.74) is 6.53. The van der Waals surface area contributed by atoms with Gasteiger partial charge < -0.3 is 5.73 Å². The second-order valence-electron chi connectivity index (χ2n) is 4.58. The first-order valence-corrected chi connectivity index (χ1v) is 6.64. The highest BCUT2D eigenvalue weighted by Gasteiger charge is 2.19. The molecule has 0 aromatic heterocycles. The van der Waals surface area contributed by atoms with Crippen LogP contribution >= 0.6 is 11.8 Å². The molecule has 2 atom stereocenters. The van der Waals surface area contributed by atoms with E-state index < -0.39 is 0 Å². The number of nitrogen functional groups attached to an aromatic ring is 1. The van der Waals surface area contributed by atoms with Crippen LogP contribution in [0.25, 0.3) is 0 Å². The predicted molar refractivity (Wildman–Crippen MR) is 68.1 cm³/mol. The molecule has 1 aromatic carbocycles. The van der Waals surface area contributed by atoms with Crippen LogP contribution in [-0.2, 0) is 0 Å². The van der Waals surface area contributed by atoms with E-state index in [4.69, 9.17) is 5.73 Å². The Kier molecular flexibility index (Phi) is 3.57. The van der Waals surface area contributed by atoms with Crippen molar-refractivity contribution >= 4 is 17.4 Å². The van der Waals surface area contributed by atoms with E-state index >= 15 is 0 Å². The number of rotatable bonds is 2. The maximum absolute atomic E-state index is 5.67. The third-order valence-corrected chi connectivity index (χ3v) is 4.38. The van der Waals surface area contributed by atoms with Crippen LogP contribution in [0.5, 0.6) is 0 Å². The van der Waals surface area contributed by atoms with Crippen LogP contribution in [-0.4, -0.2) is 5.25 Å². The molecule has 1 saturated carbocycles. The largest absolute Gasteiger partial charge is 0.399 e. The SMILES string of the molecule is CC1CCCC(Sc2ccc(N)cc2)C1. The summed E-state index contributed by atoms with van der Waals surface area (Å²) < 4.78 is 0. The van der Waals surface area contributed by atoms with Crippen molar-refractivity contribution < 1.29 is 0 Å². The molecule has 1 aliphatic rings. The monoisotopic (exact) mass is 221 g/mol. The second-order valence-corrected chi connectivity index (χ2v) is 5.95. The van der Waals surface area contributed by atoms with Gasteiger partial charge in [0.25, 0.3) is 0 Å².